The van der Waals surface area contributed by atoms with Gasteiger partial charge in [-0.3, -0.25) is 0 Å². The van der Waals surface area contributed by atoms with E-state index in [-0.39, 0.29) is 0 Å². The van der Waals surface area contributed by atoms with Crippen molar-refractivity contribution < 1.29 is 9.26 Å². The highest BCUT2D eigenvalue weighted by atomic mass is 79.9. The molecule has 0 saturated heterocycles. The minimum Gasteiger partial charge on any atom is -0.485 e. The molecule has 1 aromatic carbocycles. The van der Waals surface area contributed by atoms with Crippen LogP contribution in [0.2, 0.25) is 0 Å². The van der Waals surface area contributed by atoms with Crippen molar-refractivity contribution in [1.29, 1.82) is 0 Å². The third-order valence-corrected chi connectivity index (χ3v) is 3.80. The molecular formula is C13H13BrN2O2. The molecule has 1 aromatic heterocycles. The zero-order valence-electron chi connectivity index (χ0n) is 10.0. The van der Waals surface area contributed by atoms with Gasteiger partial charge in [0.2, 0.25) is 11.7 Å². The van der Waals surface area contributed by atoms with Crippen molar-refractivity contribution in [2.75, 3.05) is 0 Å². The Morgan fingerprint density at radius 1 is 1.44 bits per heavy atom. The first-order chi connectivity index (χ1) is 8.72. The van der Waals surface area contributed by atoms with E-state index >= 15 is 0 Å². The van der Waals surface area contributed by atoms with Crippen molar-refractivity contribution in [3.05, 3.63) is 40.0 Å². The number of rotatable bonds is 4. The van der Waals surface area contributed by atoms with E-state index in [9.17, 15) is 0 Å². The molecule has 0 atom stereocenters. The predicted octanol–water partition coefficient (Wildman–Crippen LogP) is 3.60. The molecule has 94 valence electrons. The molecule has 1 saturated carbocycles. The number of halogens is 1. The third-order valence-electron chi connectivity index (χ3n) is 2.91. The minimum atomic E-state index is 0.345. The molecule has 0 bridgehead atoms. The monoisotopic (exact) mass is 308 g/mol. The number of aryl methyl sites for hydroxylation is 1. The summed E-state index contributed by atoms with van der Waals surface area (Å²) in [6.45, 7) is 2.37. The van der Waals surface area contributed by atoms with E-state index in [0.717, 1.165) is 34.5 Å². The highest BCUT2D eigenvalue weighted by molar-refractivity contribution is 9.10. The van der Waals surface area contributed by atoms with Crippen LogP contribution in [0, 0.1) is 6.92 Å². The fraction of sp³-hybridized carbons (Fsp3) is 0.385. The number of ether oxygens (including phenoxy) is 1. The summed E-state index contributed by atoms with van der Waals surface area (Å²) in [4.78, 5) is 4.32. The van der Waals surface area contributed by atoms with Crippen LogP contribution in [0.5, 0.6) is 5.75 Å². The molecule has 0 spiro atoms. The van der Waals surface area contributed by atoms with E-state index in [1.807, 2.05) is 25.1 Å². The lowest BCUT2D eigenvalue weighted by atomic mass is 10.2. The maximum Gasteiger partial charge on any atom is 0.229 e. The molecule has 1 fully saturated rings. The molecule has 1 heterocycles. The number of benzene rings is 1. The molecule has 2 aromatic rings. The molecule has 1 aliphatic rings. The molecular weight excluding hydrogens is 296 g/mol. The third kappa shape index (κ3) is 2.56. The Kier molecular flexibility index (Phi) is 3.07. The van der Waals surface area contributed by atoms with Crippen molar-refractivity contribution in [3.63, 3.8) is 0 Å². The molecule has 18 heavy (non-hydrogen) atoms. The largest absolute Gasteiger partial charge is 0.485 e. The lowest BCUT2D eigenvalue weighted by molar-refractivity contribution is 0.285. The topological polar surface area (TPSA) is 48.2 Å². The second kappa shape index (κ2) is 4.72. The van der Waals surface area contributed by atoms with Crippen LogP contribution in [0.1, 0.15) is 36.0 Å². The molecule has 0 radical (unpaired) electrons. The summed E-state index contributed by atoms with van der Waals surface area (Å²) in [6, 6.07) is 5.86. The second-order valence-electron chi connectivity index (χ2n) is 4.52. The van der Waals surface area contributed by atoms with Gasteiger partial charge in [-0.2, -0.15) is 4.98 Å². The van der Waals surface area contributed by atoms with Gasteiger partial charge in [-0.25, -0.2) is 0 Å². The normalized spacial score (nSPS) is 14.8. The molecule has 0 amide bonds. The fourth-order valence-corrected chi connectivity index (χ4v) is 1.92. The quantitative estimate of drug-likeness (QED) is 0.866. The Bertz CT molecular complexity index is 564. The van der Waals surface area contributed by atoms with Gasteiger partial charge in [0.15, 0.2) is 6.61 Å². The predicted molar refractivity (Wildman–Crippen MR) is 69.5 cm³/mol. The summed E-state index contributed by atoms with van der Waals surface area (Å²) < 4.78 is 11.9. The first-order valence-electron chi connectivity index (χ1n) is 5.94. The Morgan fingerprint density at radius 2 is 2.28 bits per heavy atom. The van der Waals surface area contributed by atoms with Crippen molar-refractivity contribution in [2.45, 2.75) is 32.3 Å². The second-order valence-corrected chi connectivity index (χ2v) is 5.38. The SMILES string of the molecule is Cc1cc(OCc2noc(C3CC3)n2)ccc1Br. The van der Waals surface area contributed by atoms with E-state index in [2.05, 4.69) is 26.1 Å². The average molecular weight is 309 g/mol. The van der Waals surface area contributed by atoms with Gasteiger partial charge in [-0.15, -0.1) is 0 Å². The zero-order valence-corrected chi connectivity index (χ0v) is 11.6. The summed E-state index contributed by atoms with van der Waals surface area (Å²) in [5, 5.41) is 3.91. The summed E-state index contributed by atoms with van der Waals surface area (Å²) in [7, 11) is 0. The van der Waals surface area contributed by atoms with E-state index in [4.69, 9.17) is 9.26 Å². The maximum atomic E-state index is 5.64. The molecule has 3 rings (SSSR count). The Hall–Kier alpha value is -1.36. The van der Waals surface area contributed by atoms with E-state index in [1.54, 1.807) is 0 Å². The van der Waals surface area contributed by atoms with Gasteiger partial charge in [0.25, 0.3) is 0 Å². The minimum absolute atomic E-state index is 0.345. The van der Waals surface area contributed by atoms with Crippen LogP contribution in [0.25, 0.3) is 0 Å². The summed E-state index contributed by atoms with van der Waals surface area (Å²) >= 11 is 3.46. The lowest BCUT2D eigenvalue weighted by Crippen LogP contribution is -1.98. The van der Waals surface area contributed by atoms with Gasteiger partial charge in [0, 0.05) is 10.4 Å². The smallest absolute Gasteiger partial charge is 0.229 e. The molecule has 1 aliphatic carbocycles. The fourth-order valence-electron chi connectivity index (χ4n) is 1.68. The molecule has 0 unspecified atom stereocenters. The summed E-state index contributed by atoms with van der Waals surface area (Å²) in [6.07, 6.45) is 2.32. The van der Waals surface area contributed by atoms with E-state index in [0.29, 0.717) is 18.3 Å². The number of hydrogen-bond donors (Lipinski definition) is 0. The van der Waals surface area contributed by atoms with E-state index in [1.165, 1.54) is 0 Å². The van der Waals surface area contributed by atoms with Gasteiger partial charge in [0.1, 0.15) is 5.75 Å². The molecule has 0 N–H and O–H groups in total. The van der Waals surface area contributed by atoms with Gasteiger partial charge < -0.3 is 9.26 Å². The lowest BCUT2D eigenvalue weighted by Gasteiger charge is -2.05. The van der Waals surface area contributed by atoms with Crippen LogP contribution >= 0.6 is 15.9 Å². The number of hydrogen-bond acceptors (Lipinski definition) is 4. The highest BCUT2D eigenvalue weighted by Gasteiger charge is 2.29. The highest BCUT2D eigenvalue weighted by Crippen LogP contribution is 2.38. The number of aromatic nitrogens is 2. The molecule has 5 heteroatoms. The van der Waals surface area contributed by atoms with Crippen molar-refractivity contribution in [1.82, 2.24) is 10.1 Å². The Balaban J connectivity index is 1.63. The van der Waals surface area contributed by atoms with Crippen LogP contribution in [0.3, 0.4) is 0 Å². The Labute approximate surface area is 113 Å². The first-order valence-corrected chi connectivity index (χ1v) is 6.73. The van der Waals surface area contributed by atoms with Crippen LogP contribution in [0.15, 0.2) is 27.2 Å². The first kappa shape index (κ1) is 11.7. The Morgan fingerprint density at radius 3 is 3.00 bits per heavy atom. The van der Waals surface area contributed by atoms with Crippen LogP contribution < -0.4 is 4.74 Å². The molecule has 4 nitrogen and oxygen atoms in total. The number of nitrogens with zero attached hydrogens (tertiary/aromatic N) is 2. The van der Waals surface area contributed by atoms with Crippen LogP contribution in [-0.2, 0) is 6.61 Å². The van der Waals surface area contributed by atoms with E-state index < -0.39 is 0 Å². The van der Waals surface area contributed by atoms with Gasteiger partial charge in [-0.1, -0.05) is 21.1 Å². The average Bonchev–Trinajstić information content (AvgIpc) is 3.11. The summed E-state index contributed by atoms with van der Waals surface area (Å²) in [5.74, 6) is 2.66. The summed E-state index contributed by atoms with van der Waals surface area (Å²) in [5.41, 5.74) is 1.14. The molecule has 0 aliphatic heterocycles. The zero-order chi connectivity index (χ0) is 12.5. The van der Waals surface area contributed by atoms with Crippen molar-refractivity contribution in [2.24, 2.45) is 0 Å². The maximum absolute atomic E-state index is 5.64. The standard InChI is InChI=1S/C13H13BrN2O2/c1-8-6-10(4-5-11(8)14)17-7-12-15-13(18-16-12)9-2-3-9/h4-6,9H,2-3,7H2,1H3. The van der Waals surface area contributed by atoms with Gasteiger partial charge >= 0.3 is 0 Å². The van der Waals surface area contributed by atoms with Crippen molar-refractivity contribution >= 4 is 15.9 Å². The van der Waals surface area contributed by atoms with Gasteiger partial charge in [-0.05, 0) is 43.5 Å². The van der Waals surface area contributed by atoms with Gasteiger partial charge in [0.05, 0.1) is 0 Å². The van der Waals surface area contributed by atoms with Crippen molar-refractivity contribution in [3.8, 4) is 5.75 Å². The van der Waals surface area contributed by atoms with Crippen LogP contribution in [-0.4, -0.2) is 10.1 Å². The van der Waals surface area contributed by atoms with Crippen LogP contribution in [0.4, 0.5) is 0 Å².